The Bertz CT molecular complexity index is 799. The Kier molecular flexibility index (Phi) is 3.59. The van der Waals surface area contributed by atoms with E-state index in [4.69, 9.17) is 0 Å². The monoisotopic (exact) mass is 371 g/mol. The van der Waals surface area contributed by atoms with Gasteiger partial charge in [0.2, 0.25) is 0 Å². The number of carbonyl (C=O) groups excluding carboxylic acids is 1. The molecule has 2 aromatic rings. The van der Waals surface area contributed by atoms with Crippen LogP contribution in [0, 0.1) is 0 Å². The SMILES string of the molecule is O=C1CCCC2=C1Sc1ccccc1N2c1ccccc1Br. The number of hydrogen-bond acceptors (Lipinski definition) is 3. The lowest BCUT2D eigenvalue weighted by molar-refractivity contribution is -0.115. The number of anilines is 2. The Morgan fingerprint density at radius 2 is 1.68 bits per heavy atom. The molecule has 4 rings (SSSR count). The summed E-state index contributed by atoms with van der Waals surface area (Å²) >= 11 is 5.29. The van der Waals surface area contributed by atoms with Gasteiger partial charge in [0.05, 0.1) is 16.3 Å². The van der Waals surface area contributed by atoms with Crippen LogP contribution in [0.5, 0.6) is 0 Å². The van der Waals surface area contributed by atoms with E-state index >= 15 is 0 Å². The van der Waals surface area contributed by atoms with Crippen LogP contribution in [0.4, 0.5) is 11.4 Å². The van der Waals surface area contributed by atoms with E-state index in [0.29, 0.717) is 6.42 Å². The van der Waals surface area contributed by atoms with Crippen LogP contribution in [0.15, 0.2) is 68.5 Å². The molecule has 2 nitrogen and oxygen atoms in total. The molecule has 22 heavy (non-hydrogen) atoms. The first-order valence-corrected chi connectivity index (χ1v) is 8.94. The maximum Gasteiger partial charge on any atom is 0.171 e. The van der Waals surface area contributed by atoms with Gasteiger partial charge in [0.25, 0.3) is 0 Å². The molecule has 0 bridgehead atoms. The Morgan fingerprint density at radius 3 is 2.50 bits per heavy atom. The quantitative estimate of drug-likeness (QED) is 0.645. The summed E-state index contributed by atoms with van der Waals surface area (Å²) in [6.45, 7) is 0. The lowest BCUT2D eigenvalue weighted by atomic mass is 10.0. The van der Waals surface area contributed by atoms with Crippen molar-refractivity contribution in [3.05, 3.63) is 63.6 Å². The summed E-state index contributed by atoms with van der Waals surface area (Å²) in [5, 5.41) is 0. The largest absolute Gasteiger partial charge is 0.311 e. The number of para-hydroxylation sites is 2. The zero-order valence-electron chi connectivity index (χ0n) is 11.9. The molecule has 0 unspecified atom stereocenters. The first kappa shape index (κ1) is 14.1. The summed E-state index contributed by atoms with van der Waals surface area (Å²) < 4.78 is 1.04. The number of carbonyl (C=O) groups is 1. The second-order valence-corrected chi connectivity index (χ2v) is 7.32. The van der Waals surface area contributed by atoms with Crippen LogP contribution >= 0.6 is 27.7 Å². The second-order valence-electron chi connectivity index (χ2n) is 5.41. The van der Waals surface area contributed by atoms with Gasteiger partial charge in [-0.2, -0.15) is 0 Å². The van der Waals surface area contributed by atoms with Gasteiger partial charge in [-0.25, -0.2) is 0 Å². The molecule has 0 saturated carbocycles. The van der Waals surface area contributed by atoms with E-state index in [2.05, 4.69) is 45.1 Å². The fraction of sp³-hybridized carbons (Fsp3) is 0.167. The molecule has 0 fully saturated rings. The highest BCUT2D eigenvalue weighted by molar-refractivity contribution is 9.10. The van der Waals surface area contributed by atoms with Gasteiger partial charge < -0.3 is 4.90 Å². The van der Waals surface area contributed by atoms with Crippen molar-refractivity contribution >= 4 is 44.8 Å². The normalized spacial score (nSPS) is 17.3. The number of thioether (sulfide) groups is 1. The molecule has 110 valence electrons. The number of fused-ring (bicyclic) bond motifs is 1. The van der Waals surface area contributed by atoms with Crippen molar-refractivity contribution in [2.24, 2.45) is 0 Å². The second kappa shape index (κ2) is 5.60. The highest BCUT2D eigenvalue weighted by atomic mass is 79.9. The Labute approximate surface area is 142 Å². The van der Waals surface area contributed by atoms with E-state index in [1.165, 1.54) is 0 Å². The van der Waals surface area contributed by atoms with Gasteiger partial charge in [-0.05, 0) is 53.0 Å². The molecule has 0 radical (unpaired) electrons. The predicted octanol–water partition coefficient (Wildman–Crippen LogP) is 5.66. The summed E-state index contributed by atoms with van der Waals surface area (Å²) in [4.78, 5) is 16.7. The molecule has 2 aromatic carbocycles. The lowest BCUT2D eigenvalue weighted by Crippen LogP contribution is -2.26. The third-order valence-electron chi connectivity index (χ3n) is 4.01. The van der Waals surface area contributed by atoms with E-state index in [-0.39, 0.29) is 5.78 Å². The maximum atomic E-state index is 12.4. The zero-order chi connectivity index (χ0) is 15.1. The van der Waals surface area contributed by atoms with Crippen molar-refractivity contribution in [2.75, 3.05) is 4.90 Å². The molecule has 1 aliphatic heterocycles. The standard InChI is InChI=1S/C18H14BrNOS/c19-12-6-1-2-7-13(12)20-14-8-3-4-11-17(14)22-18-15(20)9-5-10-16(18)21/h1-4,6-8,11H,5,9-10H2. The van der Waals surface area contributed by atoms with Gasteiger partial charge in [-0.3, -0.25) is 4.79 Å². The molecule has 0 aromatic heterocycles. The van der Waals surface area contributed by atoms with Gasteiger partial charge >= 0.3 is 0 Å². The predicted molar refractivity (Wildman–Crippen MR) is 94.5 cm³/mol. The van der Waals surface area contributed by atoms with Gasteiger partial charge in [0, 0.05) is 21.5 Å². The number of Topliss-reactive ketones (excluding diaryl/α,β-unsaturated/α-hetero) is 1. The molecule has 1 heterocycles. The molecule has 2 aliphatic rings. The molecular formula is C18H14BrNOS. The lowest BCUT2D eigenvalue weighted by Gasteiger charge is -2.37. The number of nitrogens with zero attached hydrogens (tertiary/aromatic N) is 1. The Hall–Kier alpha value is -1.52. The van der Waals surface area contributed by atoms with Gasteiger partial charge in [-0.1, -0.05) is 36.0 Å². The molecule has 4 heteroatoms. The maximum absolute atomic E-state index is 12.4. The molecule has 0 saturated heterocycles. The van der Waals surface area contributed by atoms with E-state index in [1.54, 1.807) is 11.8 Å². The molecule has 0 spiro atoms. The third-order valence-corrected chi connectivity index (χ3v) is 5.92. The fourth-order valence-electron chi connectivity index (χ4n) is 3.03. The van der Waals surface area contributed by atoms with E-state index < -0.39 is 0 Å². The van der Waals surface area contributed by atoms with Crippen molar-refractivity contribution in [1.82, 2.24) is 0 Å². The van der Waals surface area contributed by atoms with Crippen LogP contribution in [0.25, 0.3) is 0 Å². The minimum Gasteiger partial charge on any atom is -0.311 e. The van der Waals surface area contributed by atoms with Gasteiger partial charge in [0.15, 0.2) is 5.78 Å². The van der Waals surface area contributed by atoms with E-state index in [0.717, 1.165) is 44.2 Å². The highest BCUT2D eigenvalue weighted by Crippen LogP contribution is 2.50. The number of ketones is 1. The minimum absolute atomic E-state index is 0.276. The van der Waals surface area contributed by atoms with Crippen molar-refractivity contribution in [1.29, 1.82) is 0 Å². The molecule has 0 amide bonds. The summed E-state index contributed by atoms with van der Waals surface area (Å²) in [6, 6.07) is 16.5. The van der Waals surface area contributed by atoms with Crippen LogP contribution in [0.3, 0.4) is 0 Å². The molecule has 0 N–H and O–H groups in total. The number of halogens is 1. The van der Waals surface area contributed by atoms with Crippen molar-refractivity contribution < 1.29 is 4.79 Å². The first-order chi connectivity index (χ1) is 10.8. The minimum atomic E-state index is 0.276. The number of allylic oxidation sites excluding steroid dienone is 2. The zero-order valence-corrected chi connectivity index (χ0v) is 14.3. The van der Waals surface area contributed by atoms with Gasteiger partial charge in [0.1, 0.15) is 0 Å². The summed E-state index contributed by atoms with van der Waals surface area (Å²) in [7, 11) is 0. The highest BCUT2D eigenvalue weighted by Gasteiger charge is 2.32. The van der Waals surface area contributed by atoms with Crippen LogP contribution in [0.1, 0.15) is 19.3 Å². The third kappa shape index (κ3) is 2.22. The molecule has 0 atom stereocenters. The summed E-state index contributed by atoms with van der Waals surface area (Å²) in [5.74, 6) is 0.276. The van der Waals surface area contributed by atoms with Crippen molar-refractivity contribution in [3.63, 3.8) is 0 Å². The van der Waals surface area contributed by atoms with Gasteiger partial charge in [-0.15, -0.1) is 0 Å². The van der Waals surface area contributed by atoms with Crippen molar-refractivity contribution in [2.45, 2.75) is 24.2 Å². The first-order valence-electron chi connectivity index (χ1n) is 7.33. The topological polar surface area (TPSA) is 20.3 Å². The van der Waals surface area contributed by atoms with E-state index in [9.17, 15) is 4.79 Å². The van der Waals surface area contributed by atoms with Crippen LogP contribution in [-0.2, 0) is 4.79 Å². The van der Waals surface area contributed by atoms with E-state index in [1.807, 2.05) is 24.3 Å². The van der Waals surface area contributed by atoms with Crippen LogP contribution in [0.2, 0.25) is 0 Å². The molecular weight excluding hydrogens is 358 g/mol. The Morgan fingerprint density at radius 1 is 0.955 bits per heavy atom. The number of rotatable bonds is 1. The summed E-state index contributed by atoms with van der Waals surface area (Å²) in [6.07, 6.45) is 2.54. The number of benzene rings is 2. The average Bonchev–Trinajstić information content (AvgIpc) is 2.54. The Balaban J connectivity index is 1.97. The summed E-state index contributed by atoms with van der Waals surface area (Å²) in [5.41, 5.74) is 3.40. The van der Waals surface area contributed by atoms with Crippen LogP contribution in [-0.4, -0.2) is 5.78 Å². The van der Waals surface area contributed by atoms with Crippen molar-refractivity contribution in [3.8, 4) is 0 Å². The van der Waals surface area contributed by atoms with Crippen LogP contribution < -0.4 is 4.90 Å². The fourth-order valence-corrected chi connectivity index (χ4v) is 4.64. The smallest absolute Gasteiger partial charge is 0.171 e. The molecule has 1 aliphatic carbocycles. The number of hydrogen-bond donors (Lipinski definition) is 0. The average molecular weight is 372 g/mol.